The molecule has 254 valence electrons. The van der Waals surface area contributed by atoms with Gasteiger partial charge in [-0.3, -0.25) is 9.48 Å². The van der Waals surface area contributed by atoms with Gasteiger partial charge in [0.2, 0.25) is 5.88 Å². The number of nitrogens with one attached hydrogen (secondary N) is 1. The molecule has 0 radical (unpaired) electrons. The van der Waals surface area contributed by atoms with Crippen LogP contribution in [0.15, 0.2) is 47.6 Å². The average Bonchev–Trinajstić information content (AvgIpc) is 3.32. The molecule has 1 unspecified atom stereocenters. The van der Waals surface area contributed by atoms with E-state index in [9.17, 15) is 26.4 Å². The lowest BCUT2D eigenvalue weighted by Crippen LogP contribution is -2.41. The van der Waals surface area contributed by atoms with E-state index >= 15 is 0 Å². The van der Waals surface area contributed by atoms with Crippen molar-refractivity contribution < 1.29 is 31.1 Å². The number of carbonyl (C=O) groups excluding carboxylic acids is 1. The summed E-state index contributed by atoms with van der Waals surface area (Å²) in [5.41, 5.74) is -0.409. The van der Waals surface area contributed by atoms with E-state index in [0.717, 1.165) is 25.3 Å². The predicted molar refractivity (Wildman–Crippen MR) is 169 cm³/mol. The van der Waals surface area contributed by atoms with Crippen LogP contribution in [-0.2, 0) is 22.0 Å². The molecular weight excluding hydrogens is 647 g/mol. The topological polar surface area (TPSA) is 124 Å². The fourth-order valence-corrected chi connectivity index (χ4v) is 8.31. The Morgan fingerprint density at radius 2 is 1.85 bits per heavy atom. The van der Waals surface area contributed by atoms with Crippen molar-refractivity contribution in [3.8, 4) is 11.7 Å². The summed E-state index contributed by atoms with van der Waals surface area (Å²) >= 11 is 0. The molecule has 1 saturated heterocycles. The van der Waals surface area contributed by atoms with E-state index in [1.54, 1.807) is 36.0 Å². The van der Waals surface area contributed by atoms with E-state index in [1.165, 1.54) is 16.9 Å². The van der Waals surface area contributed by atoms with Gasteiger partial charge in [-0.15, -0.1) is 5.10 Å². The minimum absolute atomic E-state index is 0.0470. The van der Waals surface area contributed by atoms with Gasteiger partial charge in [0.25, 0.3) is 15.9 Å². The molecule has 4 aromatic rings. The fraction of sp³-hybridized carbons (Fsp3) is 0.455. The van der Waals surface area contributed by atoms with Crippen molar-refractivity contribution >= 4 is 21.7 Å². The van der Waals surface area contributed by atoms with Crippen LogP contribution in [0.4, 0.5) is 19.0 Å². The summed E-state index contributed by atoms with van der Waals surface area (Å²) in [6, 6.07) is 7.01. The van der Waals surface area contributed by atoms with Crippen LogP contribution in [0.5, 0.6) is 5.88 Å². The van der Waals surface area contributed by atoms with E-state index in [2.05, 4.69) is 33.7 Å². The summed E-state index contributed by atoms with van der Waals surface area (Å²) < 4.78 is 79.7. The molecule has 3 aromatic heterocycles. The van der Waals surface area contributed by atoms with Crippen molar-refractivity contribution in [2.75, 3.05) is 18.1 Å². The number of carbonyl (C=O) groups is 1. The number of amides is 1. The highest BCUT2D eigenvalue weighted by Crippen LogP contribution is 2.52. The van der Waals surface area contributed by atoms with Crippen molar-refractivity contribution in [1.82, 2.24) is 29.3 Å². The van der Waals surface area contributed by atoms with E-state index < -0.39 is 38.8 Å². The molecule has 1 amide bonds. The van der Waals surface area contributed by atoms with Crippen LogP contribution in [0, 0.1) is 30.3 Å². The highest BCUT2D eigenvalue weighted by Gasteiger charge is 2.46. The highest BCUT2D eigenvalue weighted by atomic mass is 32.2. The number of pyridine rings is 1. The second-order valence-corrected chi connectivity index (χ2v) is 15.3. The van der Waals surface area contributed by atoms with Gasteiger partial charge in [-0.1, -0.05) is 6.07 Å². The van der Waals surface area contributed by atoms with Gasteiger partial charge in [0.15, 0.2) is 23.3 Å². The summed E-state index contributed by atoms with van der Waals surface area (Å²) in [5.74, 6) is -3.31. The normalized spacial score (nSPS) is 20.9. The highest BCUT2D eigenvalue weighted by molar-refractivity contribution is 7.90. The minimum atomic E-state index is -4.21. The van der Waals surface area contributed by atoms with Gasteiger partial charge in [0, 0.05) is 42.5 Å². The summed E-state index contributed by atoms with van der Waals surface area (Å²) in [7, 11) is -4.21. The van der Waals surface area contributed by atoms with Crippen LogP contribution in [-0.4, -0.2) is 57.6 Å². The van der Waals surface area contributed by atoms with Crippen molar-refractivity contribution in [2.45, 2.75) is 81.7 Å². The van der Waals surface area contributed by atoms with Crippen LogP contribution < -0.4 is 14.4 Å². The Bertz CT molecular complexity index is 2020. The molecular formula is C33H36F3N7O4S. The second-order valence-electron chi connectivity index (χ2n) is 13.7. The molecule has 11 nitrogen and oxygen atoms in total. The minimum Gasteiger partial charge on any atom is -0.477 e. The first kappa shape index (κ1) is 32.2. The standard InChI is InChI=1S/C33H36F3N7O4S/c1-20-25-19-41(38-20)14-4-5-21-17-32(2,3)42(18-21)30-22(31(44)40-48(25,45)46)6-9-26(37-30)43-15-10-27(39-43)47-16-13-33(11-12-33)23-7-8-24(34)29(36)28(23)35/h6-10,15,19,21H,4-5,11-14,16-18H2,1-3H3,(H,40,44). The first-order chi connectivity index (χ1) is 22.8. The summed E-state index contributed by atoms with van der Waals surface area (Å²) in [6.45, 7) is 7.13. The number of benzene rings is 1. The molecule has 2 fully saturated rings. The molecule has 1 saturated carbocycles. The Kier molecular flexibility index (Phi) is 7.80. The van der Waals surface area contributed by atoms with Crippen molar-refractivity contribution in [3.05, 3.63) is 77.0 Å². The van der Waals surface area contributed by atoms with Gasteiger partial charge in [-0.25, -0.2) is 36.0 Å². The van der Waals surface area contributed by atoms with Crippen molar-refractivity contribution in [2.24, 2.45) is 5.92 Å². The number of hydrogen-bond acceptors (Lipinski definition) is 8. The zero-order chi connectivity index (χ0) is 34.0. The quantitative estimate of drug-likeness (QED) is 0.275. The van der Waals surface area contributed by atoms with E-state index in [-0.39, 0.29) is 34.0 Å². The van der Waals surface area contributed by atoms with Crippen LogP contribution in [0.2, 0.25) is 0 Å². The number of anilines is 1. The Balaban J connectivity index is 1.15. The zero-order valence-electron chi connectivity index (χ0n) is 26.8. The van der Waals surface area contributed by atoms with Gasteiger partial charge in [-0.2, -0.15) is 5.10 Å². The molecule has 2 aliphatic heterocycles. The van der Waals surface area contributed by atoms with Gasteiger partial charge >= 0.3 is 0 Å². The second kappa shape index (κ2) is 11.6. The van der Waals surface area contributed by atoms with Crippen LogP contribution in [0.3, 0.4) is 0 Å². The summed E-state index contributed by atoms with van der Waals surface area (Å²) in [6.07, 6.45) is 7.35. The number of halogens is 3. The van der Waals surface area contributed by atoms with Gasteiger partial charge < -0.3 is 9.64 Å². The Morgan fingerprint density at radius 1 is 1.06 bits per heavy atom. The lowest BCUT2D eigenvalue weighted by Gasteiger charge is -2.34. The van der Waals surface area contributed by atoms with Gasteiger partial charge in [-0.05, 0) is 89.0 Å². The molecule has 5 heterocycles. The van der Waals surface area contributed by atoms with E-state index in [4.69, 9.17) is 9.72 Å². The molecule has 0 spiro atoms. The maximum absolute atomic E-state index is 14.5. The first-order valence-corrected chi connectivity index (χ1v) is 17.5. The molecule has 15 heteroatoms. The van der Waals surface area contributed by atoms with Crippen LogP contribution in [0.1, 0.15) is 74.0 Å². The van der Waals surface area contributed by atoms with Crippen LogP contribution in [0.25, 0.3) is 5.82 Å². The Morgan fingerprint density at radius 3 is 2.62 bits per heavy atom. The van der Waals surface area contributed by atoms with E-state index in [1.807, 2.05) is 0 Å². The molecule has 3 aliphatic rings. The van der Waals surface area contributed by atoms with E-state index in [0.29, 0.717) is 55.6 Å². The number of fused-ring (bicyclic) bond motifs is 6. The first-order valence-electron chi connectivity index (χ1n) is 16.0. The molecule has 4 bridgehead atoms. The number of rotatable bonds is 6. The number of aryl methyl sites for hydroxylation is 2. The Hall–Kier alpha value is -4.40. The maximum Gasteiger partial charge on any atom is 0.268 e. The number of sulfonamides is 1. The number of aromatic nitrogens is 5. The molecule has 1 aromatic carbocycles. The third kappa shape index (κ3) is 5.81. The molecule has 1 N–H and O–H groups in total. The largest absolute Gasteiger partial charge is 0.477 e. The van der Waals surface area contributed by atoms with Crippen molar-refractivity contribution in [3.63, 3.8) is 0 Å². The lowest BCUT2D eigenvalue weighted by atomic mass is 9.92. The lowest BCUT2D eigenvalue weighted by molar-refractivity contribution is 0.0981. The molecule has 1 aliphatic carbocycles. The molecule has 7 rings (SSSR count). The average molecular weight is 684 g/mol. The molecule has 48 heavy (non-hydrogen) atoms. The predicted octanol–water partition coefficient (Wildman–Crippen LogP) is 5.21. The van der Waals surface area contributed by atoms with Crippen LogP contribution >= 0.6 is 0 Å². The SMILES string of the molecule is Cc1nn2cc1S(=O)(=O)NC(=O)c1ccc(-n3ccc(OCCC4(c5ccc(F)c(F)c5F)CC4)n3)nc1N1CC(CCC2)CC1(C)C. The summed E-state index contributed by atoms with van der Waals surface area (Å²) in [5, 5.41) is 8.86. The third-order valence-electron chi connectivity index (χ3n) is 9.83. The number of ether oxygens (including phenoxy) is 1. The third-order valence-corrected chi connectivity index (χ3v) is 11.3. The Labute approximate surface area is 276 Å². The number of hydrogen-bond donors (Lipinski definition) is 1. The fourth-order valence-electron chi connectivity index (χ4n) is 7.16. The zero-order valence-corrected chi connectivity index (χ0v) is 27.7. The number of nitrogens with zero attached hydrogens (tertiary/aromatic N) is 6. The van der Waals surface area contributed by atoms with Gasteiger partial charge in [0.05, 0.1) is 17.9 Å². The maximum atomic E-state index is 14.5. The summed E-state index contributed by atoms with van der Waals surface area (Å²) in [4.78, 5) is 20.5. The van der Waals surface area contributed by atoms with Crippen molar-refractivity contribution in [1.29, 1.82) is 0 Å². The van der Waals surface area contributed by atoms with Gasteiger partial charge in [0.1, 0.15) is 10.7 Å². The monoisotopic (exact) mass is 683 g/mol. The molecule has 1 atom stereocenters. The smallest absolute Gasteiger partial charge is 0.268 e.